The summed E-state index contributed by atoms with van der Waals surface area (Å²) in [4.78, 5) is 11.1. The van der Waals surface area contributed by atoms with Gasteiger partial charge in [0.1, 0.15) is 5.82 Å². The van der Waals surface area contributed by atoms with Crippen LogP contribution in [0.1, 0.15) is 6.42 Å². The van der Waals surface area contributed by atoms with Crippen molar-refractivity contribution < 1.29 is 9.18 Å². The summed E-state index contributed by atoms with van der Waals surface area (Å²) in [5.74, 6) is -0.738. The smallest absolute Gasteiger partial charge is 0.228 e. The van der Waals surface area contributed by atoms with Crippen LogP contribution in [0.25, 0.3) is 0 Å². The van der Waals surface area contributed by atoms with Gasteiger partial charge in [0, 0.05) is 10.9 Å². The van der Waals surface area contributed by atoms with E-state index in [1.807, 2.05) is 0 Å². The van der Waals surface area contributed by atoms with Gasteiger partial charge in [-0.2, -0.15) is 0 Å². The Kier molecular flexibility index (Phi) is 3.83. The van der Waals surface area contributed by atoms with Gasteiger partial charge in [0.05, 0.1) is 5.69 Å². The molecule has 0 aromatic heterocycles. The molecule has 74 valence electrons. The number of carbonyl (C=O) groups excluding carboxylic acids is 1. The van der Waals surface area contributed by atoms with Crippen LogP contribution in [0.4, 0.5) is 10.1 Å². The normalized spacial score (nSPS) is 9.57. The van der Waals surface area contributed by atoms with Crippen LogP contribution >= 0.6 is 15.9 Å². The molecule has 4 heteroatoms. The molecule has 0 saturated carbocycles. The average molecular weight is 258 g/mol. The standard InChI is InChI=1S/C10H9BrFNO/c1-2-3-10(14)13-9-5-4-7(11)6-8(9)12/h2,4-6H,1,3H2,(H,13,14). The second-order valence-corrected chi connectivity index (χ2v) is 3.58. The summed E-state index contributed by atoms with van der Waals surface area (Å²) in [7, 11) is 0. The third-order valence-corrected chi connectivity index (χ3v) is 2.03. The van der Waals surface area contributed by atoms with Crippen LogP contribution in [0.3, 0.4) is 0 Å². The fraction of sp³-hybridized carbons (Fsp3) is 0.100. The van der Waals surface area contributed by atoms with E-state index in [4.69, 9.17) is 0 Å². The van der Waals surface area contributed by atoms with Crippen molar-refractivity contribution in [3.63, 3.8) is 0 Å². The number of anilines is 1. The molecule has 1 rings (SSSR count). The Balaban J connectivity index is 2.76. The van der Waals surface area contributed by atoms with Gasteiger partial charge in [0.15, 0.2) is 0 Å². The second kappa shape index (κ2) is 4.91. The van der Waals surface area contributed by atoms with Crippen LogP contribution < -0.4 is 5.32 Å². The van der Waals surface area contributed by atoms with Crippen molar-refractivity contribution in [1.29, 1.82) is 0 Å². The van der Waals surface area contributed by atoms with E-state index in [1.165, 1.54) is 18.2 Å². The number of nitrogens with one attached hydrogen (secondary N) is 1. The van der Waals surface area contributed by atoms with Crippen LogP contribution in [0, 0.1) is 5.82 Å². The van der Waals surface area contributed by atoms with E-state index < -0.39 is 5.82 Å². The van der Waals surface area contributed by atoms with Gasteiger partial charge in [-0.05, 0) is 18.2 Å². The summed E-state index contributed by atoms with van der Waals surface area (Å²) in [5.41, 5.74) is 0.181. The van der Waals surface area contributed by atoms with E-state index in [0.717, 1.165) is 0 Å². The van der Waals surface area contributed by atoms with E-state index >= 15 is 0 Å². The molecule has 0 radical (unpaired) electrons. The number of halogens is 2. The first-order valence-electron chi connectivity index (χ1n) is 3.99. The van der Waals surface area contributed by atoms with E-state index in [0.29, 0.717) is 4.47 Å². The summed E-state index contributed by atoms with van der Waals surface area (Å²) in [6, 6.07) is 4.45. The first-order valence-corrected chi connectivity index (χ1v) is 4.78. The molecule has 1 aromatic carbocycles. The van der Waals surface area contributed by atoms with E-state index in [1.54, 1.807) is 6.07 Å². The zero-order valence-electron chi connectivity index (χ0n) is 7.39. The van der Waals surface area contributed by atoms with Crippen molar-refractivity contribution in [2.45, 2.75) is 6.42 Å². The fourth-order valence-corrected chi connectivity index (χ4v) is 1.26. The Hall–Kier alpha value is -1.16. The molecule has 0 atom stereocenters. The number of carbonyl (C=O) groups is 1. The van der Waals surface area contributed by atoms with Crippen molar-refractivity contribution in [2.24, 2.45) is 0 Å². The maximum Gasteiger partial charge on any atom is 0.228 e. The molecule has 0 heterocycles. The van der Waals surface area contributed by atoms with Gasteiger partial charge in [-0.15, -0.1) is 6.58 Å². The van der Waals surface area contributed by atoms with Crippen molar-refractivity contribution in [1.82, 2.24) is 0 Å². The van der Waals surface area contributed by atoms with Crippen molar-refractivity contribution >= 4 is 27.5 Å². The van der Waals surface area contributed by atoms with Gasteiger partial charge in [0.25, 0.3) is 0 Å². The van der Waals surface area contributed by atoms with Crippen LogP contribution in [0.5, 0.6) is 0 Å². The molecule has 0 bridgehead atoms. The Morgan fingerprint density at radius 2 is 2.36 bits per heavy atom. The molecule has 14 heavy (non-hydrogen) atoms. The van der Waals surface area contributed by atoms with Crippen molar-refractivity contribution in [3.05, 3.63) is 41.1 Å². The summed E-state index contributed by atoms with van der Waals surface area (Å²) < 4.78 is 13.8. The molecule has 2 nitrogen and oxygen atoms in total. The van der Waals surface area contributed by atoms with E-state index in [-0.39, 0.29) is 18.0 Å². The molecular formula is C10H9BrFNO. The van der Waals surface area contributed by atoms with Crippen LogP contribution in [0.2, 0.25) is 0 Å². The predicted molar refractivity (Wildman–Crippen MR) is 57.5 cm³/mol. The van der Waals surface area contributed by atoms with Crippen LogP contribution in [0.15, 0.2) is 35.3 Å². The van der Waals surface area contributed by atoms with E-state index in [9.17, 15) is 9.18 Å². The first kappa shape index (κ1) is 10.9. The lowest BCUT2D eigenvalue weighted by molar-refractivity contribution is -0.115. The van der Waals surface area contributed by atoms with Gasteiger partial charge >= 0.3 is 0 Å². The van der Waals surface area contributed by atoms with Gasteiger partial charge < -0.3 is 5.32 Å². The molecule has 1 amide bonds. The molecule has 0 unspecified atom stereocenters. The number of benzene rings is 1. The molecule has 0 aliphatic rings. The zero-order chi connectivity index (χ0) is 10.6. The molecule has 0 spiro atoms. The second-order valence-electron chi connectivity index (χ2n) is 2.67. The minimum Gasteiger partial charge on any atom is -0.323 e. The van der Waals surface area contributed by atoms with E-state index in [2.05, 4.69) is 27.8 Å². The average Bonchev–Trinajstić information content (AvgIpc) is 2.10. The maximum atomic E-state index is 13.2. The summed E-state index contributed by atoms with van der Waals surface area (Å²) in [5, 5.41) is 2.43. The third-order valence-electron chi connectivity index (χ3n) is 1.53. The highest BCUT2D eigenvalue weighted by atomic mass is 79.9. The lowest BCUT2D eigenvalue weighted by Gasteiger charge is -2.04. The Morgan fingerprint density at radius 1 is 1.64 bits per heavy atom. The SMILES string of the molecule is C=CCC(=O)Nc1ccc(Br)cc1F. The largest absolute Gasteiger partial charge is 0.323 e. The summed E-state index contributed by atoms with van der Waals surface area (Å²) in [6.07, 6.45) is 1.64. The molecule has 0 saturated heterocycles. The molecular weight excluding hydrogens is 249 g/mol. The number of hydrogen-bond donors (Lipinski definition) is 1. The summed E-state index contributed by atoms with van der Waals surface area (Å²) in [6.45, 7) is 3.42. The zero-order valence-corrected chi connectivity index (χ0v) is 8.97. The van der Waals surface area contributed by atoms with Crippen LogP contribution in [-0.2, 0) is 4.79 Å². The monoisotopic (exact) mass is 257 g/mol. The highest BCUT2D eigenvalue weighted by molar-refractivity contribution is 9.10. The lowest BCUT2D eigenvalue weighted by Crippen LogP contribution is -2.11. The molecule has 0 fully saturated rings. The number of rotatable bonds is 3. The number of hydrogen-bond acceptors (Lipinski definition) is 1. The van der Waals surface area contributed by atoms with Crippen molar-refractivity contribution in [2.75, 3.05) is 5.32 Å². The molecule has 1 N–H and O–H groups in total. The van der Waals surface area contributed by atoms with Gasteiger partial charge in [-0.3, -0.25) is 4.79 Å². The molecule has 0 aliphatic heterocycles. The van der Waals surface area contributed by atoms with Gasteiger partial charge in [-0.25, -0.2) is 4.39 Å². The maximum absolute atomic E-state index is 13.2. The van der Waals surface area contributed by atoms with Crippen molar-refractivity contribution in [3.8, 4) is 0 Å². The minimum absolute atomic E-state index is 0.176. The minimum atomic E-state index is -0.461. The number of amides is 1. The first-order chi connectivity index (χ1) is 6.63. The fourth-order valence-electron chi connectivity index (χ4n) is 0.923. The quantitative estimate of drug-likeness (QED) is 0.829. The molecule has 0 aliphatic carbocycles. The predicted octanol–water partition coefficient (Wildman–Crippen LogP) is 3.10. The Morgan fingerprint density at radius 3 is 2.93 bits per heavy atom. The Bertz CT molecular complexity index is 365. The van der Waals surface area contributed by atoms with Crippen LogP contribution in [-0.4, -0.2) is 5.91 Å². The lowest BCUT2D eigenvalue weighted by atomic mass is 10.3. The summed E-state index contributed by atoms with van der Waals surface area (Å²) >= 11 is 3.12. The highest BCUT2D eigenvalue weighted by Gasteiger charge is 2.05. The molecule has 1 aromatic rings. The topological polar surface area (TPSA) is 29.1 Å². The van der Waals surface area contributed by atoms with Gasteiger partial charge in [0.2, 0.25) is 5.91 Å². The Labute approximate surface area is 89.9 Å². The van der Waals surface area contributed by atoms with Gasteiger partial charge in [-0.1, -0.05) is 22.0 Å². The highest BCUT2D eigenvalue weighted by Crippen LogP contribution is 2.19. The third kappa shape index (κ3) is 2.96.